The zero-order chi connectivity index (χ0) is 18.5. The summed E-state index contributed by atoms with van der Waals surface area (Å²) in [4.78, 5) is 40.7. The molecule has 0 bridgehead atoms. The van der Waals surface area contributed by atoms with Crippen LogP contribution >= 0.6 is 0 Å². The van der Waals surface area contributed by atoms with E-state index in [-0.39, 0.29) is 30.1 Å². The lowest BCUT2D eigenvalue weighted by molar-refractivity contribution is -0.134. The molecule has 1 aromatic carbocycles. The lowest BCUT2D eigenvalue weighted by Crippen LogP contribution is -2.48. The van der Waals surface area contributed by atoms with E-state index >= 15 is 0 Å². The van der Waals surface area contributed by atoms with Crippen molar-refractivity contribution in [2.24, 2.45) is 5.92 Å². The number of rotatable bonds is 4. The summed E-state index contributed by atoms with van der Waals surface area (Å²) in [5.74, 6) is -0.821. The summed E-state index contributed by atoms with van der Waals surface area (Å²) < 4.78 is 0. The molecule has 1 fully saturated rings. The average Bonchev–Trinajstić information content (AvgIpc) is 3.08. The summed E-state index contributed by atoms with van der Waals surface area (Å²) in [7, 11) is 0. The van der Waals surface area contributed by atoms with Crippen LogP contribution < -0.4 is 10.9 Å². The Morgan fingerprint density at radius 3 is 2.65 bits per heavy atom. The van der Waals surface area contributed by atoms with E-state index in [4.69, 9.17) is 0 Å². The number of likely N-dealkylation sites (tertiary alicyclic amines) is 1. The van der Waals surface area contributed by atoms with Crippen LogP contribution in [0.15, 0.2) is 43.1 Å². The number of piperidine rings is 1. The molecule has 0 atom stereocenters. The van der Waals surface area contributed by atoms with E-state index in [1.807, 2.05) is 24.3 Å². The number of carbonyl (C=O) groups is 3. The van der Waals surface area contributed by atoms with E-state index < -0.39 is 0 Å². The Bertz CT molecular complexity index is 834. The highest BCUT2D eigenvalue weighted by Crippen LogP contribution is 2.18. The standard InChI is InChI=1S/C19H22N4O3/c1-2-18(25)23-9-7-13(8-10-23)19(26)22-21-17(24)11-14-12-20-16-6-4-3-5-15(14)16/h2-6,12-13,20H,1,7-11H2,(H,21,24)(H,22,26). The Kier molecular flexibility index (Phi) is 5.36. The first-order valence-corrected chi connectivity index (χ1v) is 8.63. The van der Waals surface area contributed by atoms with Gasteiger partial charge in [0.15, 0.2) is 0 Å². The minimum Gasteiger partial charge on any atom is -0.361 e. The van der Waals surface area contributed by atoms with Crippen molar-refractivity contribution in [2.75, 3.05) is 13.1 Å². The molecule has 3 rings (SSSR count). The maximum Gasteiger partial charge on any atom is 0.245 e. The van der Waals surface area contributed by atoms with Gasteiger partial charge < -0.3 is 9.88 Å². The van der Waals surface area contributed by atoms with E-state index in [2.05, 4.69) is 22.4 Å². The minimum absolute atomic E-state index is 0.115. The fraction of sp³-hybridized carbons (Fsp3) is 0.316. The molecule has 3 N–H and O–H groups in total. The highest BCUT2D eigenvalue weighted by molar-refractivity contribution is 5.90. The molecular formula is C19H22N4O3. The van der Waals surface area contributed by atoms with Crippen LogP contribution in [0.1, 0.15) is 18.4 Å². The molecule has 136 valence electrons. The van der Waals surface area contributed by atoms with Crippen LogP contribution in [0.25, 0.3) is 10.9 Å². The number of nitrogens with one attached hydrogen (secondary N) is 3. The van der Waals surface area contributed by atoms with Gasteiger partial charge >= 0.3 is 0 Å². The number of nitrogens with zero attached hydrogens (tertiary/aromatic N) is 1. The Hall–Kier alpha value is -3.09. The molecule has 0 unspecified atom stereocenters. The SMILES string of the molecule is C=CC(=O)N1CCC(C(=O)NNC(=O)Cc2c[nH]c3ccccc23)CC1. The number of hydrogen-bond acceptors (Lipinski definition) is 3. The molecule has 7 nitrogen and oxygen atoms in total. The number of carbonyl (C=O) groups excluding carboxylic acids is 3. The molecule has 2 aromatic rings. The van der Waals surface area contributed by atoms with Gasteiger partial charge in [0.25, 0.3) is 0 Å². The minimum atomic E-state index is -0.276. The molecule has 0 spiro atoms. The number of H-pyrrole nitrogens is 1. The van der Waals surface area contributed by atoms with Gasteiger partial charge in [-0.25, -0.2) is 0 Å². The summed E-state index contributed by atoms with van der Waals surface area (Å²) in [5, 5.41) is 0.994. The van der Waals surface area contributed by atoms with Crippen molar-refractivity contribution in [2.45, 2.75) is 19.3 Å². The Morgan fingerprint density at radius 2 is 1.92 bits per heavy atom. The molecule has 1 aliphatic rings. The Morgan fingerprint density at radius 1 is 1.19 bits per heavy atom. The van der Waals surface area contributed by atoms with E-state index in [1.54, 1.807) is 11.1 Å². The summed E-state index contributed by atoms with van der Waals surface area (Å²) >= 11 is 0. The smallest absolute Gasteiger partial charge is 0.245 e. The predicted molar refractivity (Wildman–Crippen MR) is 97.8 cm³/mol. The second-order valence-electron chi connectivity index (χ2n) is 6.38. The number of amides is 3. The molecule has 1 aromatic heterocycles. The summed E-state index contributed by atoms with van der Waals surface area (Å²) in [6.07, 6.45) is 4.41. The molecular weight excluding hydrogens is 332 g/mol. The zero-order valence-electron chi connectivity index (χ0n) is 14.5. The average molecular weight is 354 g/mol. The van der Waals surface area contributed by atoms with Crippen LogP contribution in [-0.4, -0.2) is 40.7 Å². The maximum atomic E-state index is 12.2. The lowest BCUT2D eigenvalue weighted by Gasteiger charge is -2.30. The van der Waals surface area contributed by atoms with Gasteiger partial charge in [-0.3, -0.25) is 25.2 Å². The van der Waals surface area contributed by atoms with Crippen molar-refractivity contribution in [3.63, 3.8) is 0 Å². The van der Waals surface area contributed by atoms with Crippen LogP contribution in [0.3, 0.4) is 0 Å². The number of aromatic nitrogens is 1. The van der Waals surface area contributed by atoms with Crippen LogP contribution in [0.4, 0.5) is 0 Å². The van der Waals surface area contributed by atoms with Gasteiger partial charge in [-0.1, -0.05) is 24.8 Å². The number of benzene rings is 1. The van der Waals surface area contributed by atoms with Gasteiger partial charge in [-0.05, 0) is 30.5 Å². The molecule has 0 saturated carbocycles. The fourth-order valence-electron chi connectivity index (χ4n) is 3.22. The number of fused-ring (bicyclic) bond motifs is 1. The van der Waals surface area contributed by atoms with Gasteiger partial charge in [0.1, 0.15) is 0 Å². The van der Waals surface area contributed by atoms with Crippen molar-refractivity contribution < 1.29 is 14.4 Å². The second kappa shape index (κ2) is 7.86. The molecule has 1 aliphatic heterocycles. The molecule has 3 amide bonds. The van der Waals surface area contributed by atoms with Gasteiger partial charge in [-0.15, -0.1) is 0 Å². The Labute approximate surface area is 151 Å². The van der Waals surface area contributed by atoms with Crippen LogP contribution in [0, 0.1) is 5.92 Å². The summed E-state index contributed by atoms with van der Waals surface area (Å²) in [6, 6.07) is 7.74. The quantitative estimate of drug-likeness (QED) is 0.570. The predicted octanol–water partition coefficient (Wildman–Crippen LogP) is 1.28. The van der Waals surface area contributed by atoms with Gasteiger partial charge in [0.05, 0.1) is 6.42 Å². The number of para-hydroxylation sites is 1. The highest BCUT2D eigenvalue weighted by atomic mass is 16.2. The Balaban J connectivity index is 1.46. The summed E-state index contributed by atoms with van der Waals surface area (Å²) in [5.41, 5.74) is 6.83. The van der Waals surface area contributed by atoms with Crippen LogP contribution in [0.2, 0.25) is 0 Å². The fourth-order valence-corrected chi connectivity index (χ4v) is 3.22. The van der Waals surface area contributed by atoms with Crippen LogP contribution in [0.5, 0.6) is 0 Å². The molecule has 2 heterocycles. The molecule has 0 radical (unpaired) electrons. The molecule has 0 aliphatic carbocycles. The number of hydrazine groups is 1. The normalized spacial score (nSPS) is 14.8. The van der Waals surface area contributed by atoms with E-state index in [0.29, 0.717) is 25.9 Å². The van der Waals surface area contributed by atoms with Crippen molar-refractivity contribution in [1.29, 1.82) is 0 Å². The van der Waals surface area contributed by atoms with Crippen molar-refractivity contribution in [3.05, 3.63) is 48.7 Å². The third kappa shape index (κ3) is 3.93. The zero-order valence-corrected chi connectivity index (χ0v) is 14.5. The highest BCUT2D eigenvalue weighted by Gasteiger charge is 2.26. The largest absolute Gasteiger partial charge is 0.361 e. The van der Waals surface area contributed by atoms with Crippen molar-refractivity contribution >= 4 is 28.6 Å². The number of hydrogen-bond donors (Lipinski definition) is 3. The summed E-state index contributed by atoms with van der Waals surface area (Å²) in [6.45, 7) is 4.51. The maximum absolute atomic E-state index is 12.2. The van der Waals surface area contributed by atoms with E-state index in [1.165, 1.54) is 6.08 Å². The van der Waals surface area contributed by atoms with Crippen molar-refractivity contribution in [3.8, 4) is 0 Å². The lowest BCUT2D eigenvalue weighted by atomic mass is 9.96. The van der Waals surface area contributed by atoms with E-state index in [0.717, 1.165) is 16.5 Å². The van der Waals surface area contributed by atoms with Crippen molar-refractivity contribution in [1.82, 2.24) is 20.7 Å². The topological polar surface area (TPSA) is 94.3 Å². The third-order valence-corrected chi connectivity index (χ3v) is 4.70. The van der Waals surface area contributed by atoms with Gasteiger partial charge in [-0.2, -0.15) is 0 Å². The molecule has 1 saturated heterocycles. The third-order valence-electron chi connectivity index (χ3n) is 4.70. The first kappa shape index (κ1) is 17.7. The molecule has 26 heavy (non-hydrogen) atoms. The van der Waals surface area contributed by atoms with E-state index in [9.17, 15) is 14.4 Å². The first-order chi connectivity index (χ1) is 12.6. The molecule has 7 heteroatoms. The van der Waals surface area contributed by atoms with Gasteiger partial charge in [0, 0.05) is 36.1 Å². The number of aromatic amines is 1. The second-order valence-corrected chi connectivity index (χ2v) is 6.38. The monoisotopic (exact) mass is 354 g/mol. The van der Waals surface area contributed by atoms with Crippen LogP contribution in [-0.2, 0) is 20.8 Å². The van der Waals surface area contributed by atoms with Gasteiger partial charge in [0.2, 0.25) is 17.7 Å². The first-order valence-electron chi connectivity index (χ1n) is 8.63.